The molecule has 6 nitrogen and oxygen atoms in total. The van der Waals surface area contributed by atoms with E-state index in [0.29, 0.717) is 0 Å². The first-order valence-electron chi connectivity index (χ1n) is 9.18. The summed E-state index contributed by atoms with van der Waals surface area (Å²) >= 11 is 0. The number of fused-ring (bicyclic) bond motifs is 10. The minimum absolute atomic E-state index is 0.0461. The molecule has 0 aromatic rings. The van der Waals surface area contributed by atoms with Crippen molar-refractivity contribution in [2.24, 2.45) is 52.8 Å². The molecule has 6 aliphatic rings. The molecule has 4 fully saturated rings. The third-order valence-electron chi connectivity index (χ3n) is 7.35. The monoisotopic (exact) mass is 356 g/mol. The summed E-state index contributed by atoms with van der Waals surface area (Å²) in [5.74, 6) is -0.996. The Bertz CT molecular complexity index is 745. The van der Waals surface area contributed by atoms with Gasteiger partial charge in [-0.3, -0.25) is 19.2 Å². The Morgan fingerprint density at radius 2 is 1.08 bits per heavy atom. The van der Waals surface area contributed by atoms with E-state index in [1.165, 1.54) is 0 Å². The molecular formula is C20H20O6. The Morgan fingerprint density at radius 3 is 1.50 bits per heavy atom. The van der Waals surface area contributed by atoms with Crippen LogP contribution in [0.25, 0.3) is 0 Å². The number of allylic oxidation sites excluding steroid dienone is 4. The van der Waals surface area contributed by atoms with Gasteiger partial charge in [-0.1, -0.05) is 38.2 Å². The minimum Gasteiger partial charge on any atom is -0.393 e. The van der Waals surface area contributed by atoms with Crippen molar-refractivity contribution >= 4 is 23.9 Å². The quantitative estimate of drug-likeness (QED) is 0.373. The summed E-state index contributed by atoms with van der Waals surface area (Å²) in [5, 5.41) is 0. The van der Waals surface area contributed by atoms with Crippen LogP contribution in [-0.4, -0.2) is 23.9 Å². The van der Waals surface area contributed by atoms with Gasteiger partial charge in [-0.15, -0.1) is 0 Å². The number of cyclic esters (lactones) is 4. The lowest BCUT2D eigenvalue weighted by Crippen LogP contribution is -2.24. The molecule has 8 unspecified atom stereocenters. The van der Waals surface area contributed by atoms with E-state index in [0.717, 1.165) is 6.42 Å². The second-order valence-corrected chi connectivity index (χ2v) is 8.79. The highest BCUT2D eigenvalue weighted by molar-refractivity contribution is 5.98. The molecule has 8 atom stereocenters. The normalized spacial score (nSPS) is 47.6. The number of carbonyl (C=O) groups excluding carboxylic acids is 4. The van der Waals surface area contributed by atoms with Crippen molar-refractivity contribution in [2.45, 2.75) is 20.3 Å². The highest BCUT2D eigenvalue weighted by Gasteiger charge is 2.65. The molecule has 6 heteroatoms. The Morgan fingerprint density at radius 1 is 0.692 bits per heavy atom. The average molecular weight is 356 g/mol. The first-order valence-corrected chi connectivity index (χ1v) is 9.18. The fraction of sp³-hybridized carbons (Fsp3) is 0.600. The standard InChI is InChI=1S/C11H12O3.C9H8O3/c1-11(2)5-3-4-6(11)8-7(5)9(12)14-10(8)13;10-8-6-4-1-2-5(3-4)7(6)9(11)12-8/h3-8H,1-2H3;1-2,4-7H,3H2. The van der Waals surface area contributed by atoms with E-state index in [9.17, 15) is 19.2 Å². The SMILES string of the molecule is CC1(C)C2C=CC1C1C(=O)OC(=O)C12.O=C1OC(=O)C2C3C=CC(C3)C12. The van der Waals surface area contributed by atoms with Crippen molar-refractivity contribution in [2.75, 3.05) is 0 Å². The van der Waals surface area contributed by atoms with E-state index in [2.05, 4.69) is 35.5 Å². The number of hydrogen-bond donors (Lipinski definition) is 0. The van der Waals surface area contributed by atoms with E-state index >= 15 is 0 Å². The summed E-state index contributed by atoms with van der Waals surface area (Å²) in [7, 11) is 0. The summed E-state index contributed by atoms with van der Waals surface area (Å²) in [6.07, 6.45) is 9.21. The zero-order valence-corrected chi connectivity index (χ0v) is 14.6. The molecule has 136 valence electrons. The van der Waals surface area contributed by atoms with E-state index in [4.69, 9.17) is 0 Å². The summed E-state index contributed by atoms with van der Waals surface area (Å²) < 4.78 is 9.28. The number of esters is 4. The van der Waals surface area contributed by atoms with Crippen LogP contribution in [0.4, 0.5) is 0 Å². The lowest BCUT2D eigenvalue weighted by molar-refractivity contribution is -0.157. The second-order valence-electron chi connectivity index (χ2n) is 8.79. The first kappa shape index (κ1) is 16.0. The maximum Gasteiger partial charge on any atom is 0.318 e. The van der Waals surface area contributed by atoms with Crippen molar-refractivity contribution in [1.29, 1.82) is 0 Å². The lowest BCUT2D eigenvalue weighted by atomic mass is 9.79. The molecule has 0 amide bonds. The summed E-state index contributed by atoms with van der Waals surface area (Å²) in [6.45, 7) is 4.25. The first-order chi connectivity index (χ1) is 12.3. The van der Waals surface area contributed by atoms with Crippen LogP contribution in [0, 0.1) is 52.8 Å². The van der Waals surface area contributed by atoms with Gasteiger partial charge in [0.2, 0.25) is 0 Å². The van der Waals surface area contributed by atoms with Gasteiger partial charge in [0.1, 0.15) is 0 Å². The molecule has 6 rings (SSSR count). The molecular weight excluding hydrogens is 336 g/mol. The van der Waals surface area contributed by atoms with Crippen molar-refractivity contribution in [3.8, 4) is 0 Å². The van der Waals surface area contributed by atoms with E-state index in [1.807, 2.05) is 12.2 Å². The van der Waals surface area contributed by atoms with Gasteiger partial charge in [0, 0.05) is 0 Å². The Balaban J connectivity index is 0.000000117. The van der Waals surface area contributed by atoms with Crippen molar-refractivity contribution in [3.63, 3.8) is 0 Å². The van der Waals surface area contributed by atoms with Gasteiger partial charge >= 0.3 is 23.9 Å². The van der Waals surface area contributed by atoms with Crippen LogP contribution in [0.3, 0.4) is 0 Å². The topological polar surface area (TPSA) is 86.7 Å². The molecule has 2 saturated carbocycles. The van der Waals surface area contributed by atoms with E-state index in [-0.39, 0.29) is 76.6 Å². The van der Waals surface area contributed by atoms with Gasteiger partial charge in [0.15, 0.2) is 0 Å². The second kappa shape index (κ2) is 4.93. The van der Waals surface area contributed by atoms with Crippen LogP contribution < -0.4 is 0 Å². The fourth-order valence-corrected chi connectivity index (χ4v) is 6.09. The van der Waals surface area contributed by atoms with Crippen LogP contribution in [0.15, 0.2) is 24.3 Å². The molecule has 2 aliphatic heterocycles. The maximum absolute atomic E-state index is 11.5. The smallest absolute Gasteiger partial charge is 0.318 e. The van der Waals surface area contributed by atoms with Crippen LogP contribution in [0.1, 0.15) is 20.3 Å². The number of ether oxygens (including phenoxy) is 2. The zero-order valence-electron chi connectivity index (χ0n) is 14.6. The minimum atomic E-state index is -0.315. The lowest BCUT2D eigenvalue weighted by Gasteiger charge is -2.25. The largest absolute Gasteiger partial charge is 0.393 e. The summed E-state index contributed by atoms with van der Waals surface area (Å²) in [6, 6.07) is 0. The van der Waals surface area contributed by atoms with Crippen LogP contribution >= 0.6 is 0 Å². The summed E-state index contributed by atoms with van der Waals surface area (Å²) in [5.41, 5.74) is 0.0461. The van der Waals surface area contributed by atoms with Gasteiger partial charge in [0.25, 0.3) is 0 Å². The highest BCUT2D eigenvalue weighted by Crippen LogP contribution is 2.61. The van der Waals surface area contributed by atoms with E-state index < -0.39 is 0 Å². The van der Waals surface area contributed by atoms with Crippen molar-refractivity contribution in [3.05, 3.63) is 24.3 Å². The van der Waals surface area contributed by atoms with Crippen molar-refractivity contribution < 1.29 is 28.7 Å². The van der Waals surface area contributed by atoms with Crippen LogP contribution in [0.5, 0.6) is 0 Å². The van der Waals surface area contributed by atoms with Gasteiger partial charge in [0.05, 0.1) is 23.7 Å². The van der Waals surface area contributed by atoms with Gasteiger partial charge < -0.3 is 9.47 Å². The molecule has 0 aromatic carbocycles. The van der Waals surface area contributed by atoms with Crippen LogP contribution in [0.2, 0.25) is 0 Å². The molecule has 26 heavy (non-hydrogen) atoms. The average Bonchev–Trinajstić information content (AvgIpc) is 3.38. The molecule has 0 N–H and O–H groups in total. The molecule has 0 radical (unpaired) electrons. The fourth-order valence-electron chi connectivity index (χ4n) is 6.09. The van der Waals surface area contributed by atoms with Gasteiger partial charge in [-0.2, -0.15) is 0 Å². The summed E-state index contributed by atoms with van der Waals surface area (Å²) in [4.78, 5) is 45.3. The van der Waals surface area contributed by atoms with E-state index in [1.54, 1.807) is 0 Å². The number of carbonyl (C=O) groups is 4. The number of rotatable bonds is 0. The Labute approximate surface area is 150 Å². The number of hydrogen-bond acceptors (Lipinski definition) is 6. The Hall–Kier alpha value is -2.24. The molecule has 2 heterocycles. The highest BCUT2D eigenvalue weighted by atomic mass is 16.6. The molecule has 0 spiro atoms. The molecule has 4 aliphatic carbocycles. The molecule has 4 bridgehead atoms. The maximum atomic E-state index is 11.5. The molecule has 0 aromatic heterocycles. The molecule has 2 saturated heterocycles. The predicted octanol–water partition coefficient (Wildman–Crippen LogP) is 1.65. The third-order valence-corrected chi connectivity index (χ3v) is 7.35. The third kappa shape index (κ3) is 1.82. The van der Waals surface area contributed by atoms with Gasteiger partial charge in [-0.05, 0) is 35.5 Å². The van der Waals surface area contributed by atoms with Gasteiger partial charge in [-0.25, -0.2) is 0 Å². The van der Waals surface area contributed by atoms with Crippen molar-refractivity contribution in [1.82, 2.24) is 0 Å². The van der Waals surface area contributed by atoms with Crippen LogP contribution in [-0.2, 0) is 28.7 Å². The Kier molecular flexibility index (Phi) is 3.03. The zero-order chi connectivity index (χ0) is 18.4. The predicted molar refractivity (Wildman–Crippen MR) is 86.8 cm³/mol.